The van der Waals surface area contributed by atoms with E-state index in [0.717, 1.165) is 0 Å². The Kier molecular flexibility index (Phi) is 5.83. The zero-order valence-electron chi connectivity index (χ0n) is 18.1. The molecule has 0 spiro atoms. The van der Waals surface area contributed by atoms with E-state index in [9.17, 15) is 5.11 Å². The van der Waals surface area contributed by atoms with E-state index < -0.39 is 40.6 Å². The minimum atomic E-state index is -1.49. The molecule has 34 heavy (non-hydrogen) atoms. The molecule has 0 bridgehead atoms. The van der Waals surface area contributed by atoms with Crippen LogP contribution in [0.4, 0.5) is 23.2 Å². The number of aliphatic hydroxyl groups excluding tert-OH is 1. The molecule has 4 nitrogen and oxygen atoms in total. The lowest BCUT2D eigenvalue weighted by molar-refractivity contribution is 0.145. The van der Waals surface area contributed by atoms with Gasteiger partial charge in [0.1, 0.15) is 5.69 Å². The minimum absolute atomic E-state index is 0.0906. The topological polar surface area (TPSA) is 41.3 Å². The third kappa shape index (κ3) is 3.84. The number of hydrogen-bond donors (Lipinski definition) is 1. The van der Waals surface area contributed by atoms with Crippen molar-refractivity contribution >= 4 is 5.69 Å². The van der Waals surface area contributed by atoms with Gasteiger partial charge in [0.25, 0.3) is 0 Å². The number of anilines is 1. The van der Waals surface area contributed by atoms with Crippen LogP contribution in [0.2, 0.25) is 0 Å². The summed E-state index contributed by atoms with van der Waals surface area (Å²) in [6, 6.07) is 19.0. The molecule has 5 rings (SSSR count). The van der Waals surface area contributed by atoms with Crippen molar-refractivity contribution < 1.29 is 22.7 Å². The van der Waals surface area contributed by atoms with Crippen molar-refractivity contribution in [1.29, 1.82) is 0 Å². The van der Waals surface area contributed by atoms with Gasteiger partial charge in [-0.05, 0) is 31.0 Å². The van der Waals surface area contributed by atoms with E-state index in [1.807, 2.05) is 6.07 Å². The predicted molar refractivity (Wildman–Crippen MR) is 122 cm³/mol. The highest BCUT2D eigenvalue weighted by molar-refractivity contribution is 5.73. The number of nitrogens with zero attached hydrogens (tertiary/aromatic N) is 3. The molecule has 8 heteroatoms. The van der Waals surface area contributed by atoms with Crippen LogP contribution in [-0.4, -0.2) is 34.1 Å². The first-order chi connectivity index (χ1) is 16.5. The van der Waals surface area contributed by atoms with Crippen LogP contribution >= 0.6 is 0 Å². The summed E-state index contributed by atoms with van der Waals surface area (Å²) in [6.45, 7) is 0.181. The number of piperidine rings is 1. The normalized spacial score (nSPS) is 14.6. The lowest BCUT2D eigenvalue weighted by atomic mass is 10.0. The maximum absolute atomic E-state index is 15.4. The van der Waals surface area contributed by atoms with Crippen LogP contribution in [0.15, 0.2) is 66.7 Å². The van der Waals surface area contributed by atoms with Gasteiger partial charge >= 0.3 is 0 Å². The molecular formula is C26H21F4N3O. The lowest BCUT2D eigenvalue weighted by Gasteiger charge is -2.32. The molecule has 1 aromatic heterocycles. The van der Waals surface area contributed by atoms with E-state index in [1.165, 1.54) is 15.6 Å². The van der Waals surface area contributed by atoms with Crippen LogP contribution in [0, 0.1) is 23.3 Å². The third-order valence-corrected chi connectivity index (χ3v) is 6.06. The van der Waals surface area contributed by atoms with Crippen LogP contribution in [0.1, 0.15) is 12.8 Å². The first kappa shape index (κ1) is 22.2. The Hall–Kier alpha value is -3.65. The van der Waals surface area contributed by atoms with E-state index in [4.69, 9.17) is 0 Å². The fraction of sp³-hybridized carbons (Fsp3) is 0.192. The van der Waals surface area contributed by atoms with Crippen molar-refractivity contribution in [3.8, 4) is 28.2 Å². The van der Waals surface area contributed by atoms with Gasteiger partial charge in [-0.25, -0.2) is 22.2 Å². The maximum Gasteiger partial charge on any atom is 0.186 e. The van der Waals surface area contributed by atoms with Crippen LogP contribution in [0.25, 0.3) is 28.2 Å². The molecule has 0 saturated carbocycles. The van der Waals surface area contributed by atoms with Gasteiger partial charge in [-0.15, -0.1) is 0 Å². The Morgan fingerprint density at radius 3 is 1.91 bits per heavy atom. The van der Waals surface area contributed by atoms with E-state index in [1.54, 1.807) is 54.6 Å². The van der Waals surface area contributed by atoms with Crippen LogP contribution in [-0.2, 0) is 0 Å². The molecule has 3 aromatic carbocycles. The Labute approximate surface area is 193 Å². The highest BCUT2D eigenvalue weighted by Gasteiger charge is 2.32. The molecule has 1 N–H and O–H groups in total. The summed E-state index contributed by atoms with van der Waals surface area (Å²) in [4.78, 5) is 1.23. The SMILES string of the molecule is OC1CCN(c2c(F)c(F)c(-c3cc(-c4ccccc4)nn3-c3ccccc3)c(F)c2F)CC1. The minimum Gasteiger partial charge on any atom is -0.393 e. The van der Waals surface area contributed by atoms with Gasteiger partial charge in [0, 0.05) is 18.7 Å². The second-order valence-corrected chi connectivity index (χ2v) is 8.23. The predicted octanol–water partition coefficient (Wildman–Crippen LogP) is 5.72. The second kappa shape index (κ2) is 8.95. The molecule has 1 aliphatic rings. The standard InChI is InChI=1S/C26H21F4N3O/c27-22-21(23(28)25(30)26(24(22)29)32-13-11-18(34)12-14-32)20-15-19(16-7-3-1-4-8-16)31-33(20)17-9-5-2-6-10-17/h1-10,15,18,34H,11-14H2. The molecule has 4 aromatic rings. The molecule has 0 atom stereocenters. The zero-order valence-corrected chi connectivity index (χ0v) is 18.1. The van der Waals surface area contributed by atoms with E-state index in [-0.39, 0.29) is 31.6 Å². The third-order valence-electron chi connectivity index (χ3n) is 6.06. The lowest BCUT2D eigenvalue weighted by Crippen LogP contribution is -2.37. The molecule has 2 heterocycles. The average molecular weight is 467 g/mol. The van der Waals surface area contributed by atoms with Gasteiger partial charge in [-0.3, -0.25) is 0 Å². The summed E-state index contributed by atoms with van der Waals surface area (Å²) in [5.74, 6) is -5.91. The van der Waals surface area contributed by atoms with Crippen LogP contribution < -0.4 is 4.90 Å². The van der Waals surface area contributed by atoms with E-state index in [0.29, 0.717) is 16.9 Å². The number of benzene rings is 3. The summed E-state index contributed by atoms with van der Waals surface area (Å²) >= 11 is 0. The summed E-state index contributed by atoms with van der Waals surface area (Å²) in [6.07, 6.45) is -0.0936. The molecule has 1 saturated heterocycles. The summed E-state index contributed by atoms with van der Waals surface area (Å²) in [5.41, 5.74) is -0.127. The molecular weight excluding hydrogens is 446 g/mol. The summed E-state index contributed by atoms with van der Waals surface area (Å²) < 4.78 is 62.6. The monoisotopic (exact) mass is 467 g/mol. The largest absolute Gasteiger partial charge is 0.393 e. The average Bonchev–Trinajstić information content (AvgIpc) is 3.30. The molecule has 0 unspecified atom stereocenters. The van der Waals surface area contributed by atoms with Gasteiger partial charge in [0.05, 0.1) is 28.7 Å². The fourth-order valence-electron chi connectivity index (χ4n) is 4.29. The van der Waals surface area contributed by atoms with Gasteiger partial charge in [0.2, 0.25) is 0 Å². The first-order valence-electron chi connectivity index (χ1n) is 11.0. The van der Waals surface area contributed by atoms with E-state index in [2.05, 4.69) is 5.10 Å². The van der Waals surface area contributed by atoms with Crippen molar-refractivity contribution in [2.24, 2.45) is 0 Å². The van der Waals surface area contributed by atoms with Crippen molar-refractivity contribution in [2.75, 3.05) is 18.0 Å². The highest BCUT2D eigenvalue weighted by Crippen LogP contribution is 2.39. The number of rotatable bonds is 4. The molecule has 1 fully saturated rings. The van der Waals surface area contributed by atoms with Crippen molar-refractivity contribution in [3.63, 3.8) is 0 Å². The van der Waals surface area contributed by atoms with Crippen molar-refractivity contribution in [2.45, 2.75) is 18.9 Å². The van der Waals surface area contributed by atoms with Gasteiger partial charge in [-0.2, -0.15) is 5.10 Å². The Morgan fingerprint density at radius 1 is 0.765 bits per heavy atom. The van der Waals surface area contributed by atoms with Crippen molar-refractivity contribution in [3.05, 3.63) is 90.0 Å². The second-order valence-electron chi connectivity index (χ2n) is 8.23. The Morgan fingerprint density at radius 2 is 1.32 bits per heavy atom. The van der Waals surface area contributed by atoms with Crippen LogP contribution in [0.5, 0.6) is 0 Å². The summed E-state index contributed by atoms with van der Waals surface area (Å²) in [5, 5.41) is 14.2. The smallest absolute Gasteiger partial charge is 0.186 e. The number of aliphatic hydroxyl groups is 1. The molecule has 0 radical (unpaired) electrons. The Bertz CT molecular complexity index is 1290. The zero-order chi connectivity index (χ0) is 23.8. The van der Waals surface area contributed by atoms with Crippen LogP contribution in [0.3, 0.4) is 0 Å². The van der Waals surface area contributed by atoms with Gasteiger partial charge in [0.15, 0.2) is 23.3 Å². The van der Waals surface area contributed by atoms with Gasteiger partial charge in [-0.1, -0.05) is 48.5 Å². The number of halogens is 4. The molecule has 174 valence electrons. The van der Waals surface area contributed by atoms with Gasteiger partial charge < -0.3 is 10.0 Å². The molecule has 1 aliphatic heterocycles. The number of hydrogen-bond acceptors (Lipinski definition) is 3. The fourth-order valence-corrected chi connectivity index (χ4v) is 4.29. The number of aromatic nitrogens is 2. The first-order valence-corrected chi connectivity index (χ1v) is 11.0. The molecule has 0 amide bonds. The van der Waals surface area contributed by atoms with Crippen molar-refractivity contribution in [1.82, 2.24) is 9.78 Å². The maximum atomic E-state index is 15.4. The quantitative estimate of drug-likeness (QED) is 0.308. The highest BCUT2D eigenvalue weighted by atomic mass is 19.2. The number of para-hydroxylation sites is 1. The van der Waals surface area contributed by atoms with E-state index >= 15 is 17.6 Å². The summed E-state index contributed by atoms with van der Waals surface area (Å²) in [7, 11) is 0. The molecule has 0 aliphatic carbocycles. The Balaban J connectivity index is 1.70.